The van der Waals surface area contributed by atoms with Gasteiger partial charge in [-0.1, -0.05) is 30.3 Å². The number of hydrogen-bond donors (Lipinski definition) is 0. The zero-order valence-corrected chi connectivity index (χ0v) is 15.6. The number of ether oxygens (including phenoxy) is 1. The van der Waals surface area contributed by atoms with Crippen molar-refractivity contribution >= 4 is 16.9 Å². The molecule has 0 unspecified atom stereocenters. The van der Waals surface area contributed by atoms with Crippen molar-refractivity contribution in [2.75, 3.05) is 7.11 Å². The Kier molecular flexibility index (Phi) is 3.98. The molecule has 3 heterocycles. The van der Waals surface area contributed by atoms with Crippen LogP contribution in [0.25, 0.3) is 11.0 Å². The van der Waals surface area contributed by atoms with Gasteiger partial charge >= 0.3 is 0 Å². The van der Waals surface area contributed by atoms with Gasteiger partial charge in [0, 0.05) is 5.56 Å². The molecule has 0 N–H and O–H groups in total. The molecule has 6 heteroatoms. The normalized spacial score (nSPS) is 15.7. The molecular weight excluding hydrogens is 370 g/mol. The summed E-state index contributed by atoms with van der Waals surface area (Å²) in [6.45, 7) is 0.203. The Hall–Kier alpha value is -3.80. The van der Waals surface area contributed by atoms with Crippen LogP contribution in [0, 0.1) is 0 Å². The highest BCUT2D eigenvalue weighted by molar-refractivity contribution is 5.99. The van der Waals surface area contributed by atoms with Gasteiger partial charge in [-0.2, -0.15) is 0 Å². The van der Waals surface area contributed by atoms with E-state index >= 15 is 0 Å². The van der Waals surface area contributed by atoms with Crippen LogP contribution in [0.2, 0.25) is 0 Å². The minimum atomic E-state index is -0.639. The number of methoxy groups -OCH3 is 1. The molecule has 0 saturated heterocycles. The van der Waals surface area contributed by atoms with Crippen LogP contribution in [0.15, 0.2) is 80.6 Å². The third-order valence-corrected chi connectivity index (χ3v) is 5.21. The van der Waals surface area contributed by atoms with Crippen molar-refractivity contribution in [1.29, 1.82) is 0 Å². The molecule has 1 amide bonds. The molecule has 0 radical (unpaired) electrons. The van der Waals surface area contributed by atoms with Crippen molar-refractivity contribution in [3.63, 3.8) is 0 Å². The van der Waals surface area contributed by atoms with Crippen molar-refractivity contribution in [2.24, 2.45) is 0 Å². The summed E-state index contributed by atoms with van der Waals surface area (Å²) in [7, 11) is 1.57. The highest BCUT2D eigenvalue weighted by Crippen LogP contribution is 2.42. The van der Waals surface area contributed by atoms with E-state index in [1.165, 1.54) is 0 Å². The summed E-state index contributed by atoms with van der Waals surface area (Å²) in [5.74, 6) is 0.921. The number of carbonyl (C=O) groups is 1. The molecule has 0 aliphatic carbocycles. The zero-order valence-electron chi connectivity index (χ0n) is 15.6. The topological polar surface area (TPSA) is 72.9 Å². The van der Waals surface area contributed by atoms with Crippen LogP contribution in [0.1, 0.15) is 33.5 Å². The summed E-state index contributed by atoms with van der Waals surface area (Å²) in [6.07, 6.45) is 1.55. The minimum Gasteiger partial charge on any atom is -0.496 e. The Balaban J connectivity index is 1.78. The fraction of sp³-hybridized carbons (Fsp3) is 0.130. The molecule has 29 heavy (non-hydrogen) atoms. The van der Waals surface area contributed by atoms with Crippen molar-refractivity contribution in [3.8, 4) is 5.75 Å². The fourth-order valence-electron chi connectivity index (χ4n) is 3.92. The van der Waals surface area contributed by atoms with Crippen LogP contribution < -0.4 is 10.2 Å². The first kappa shape index (κ1) is 17.3. The van der Waals surface area contributed by atoms with E-state index in [0.29, 0.717) is 28.0 Å². The van der Waals surface area contributed by atoms with Crippen LogP contribution in [0.5, 0.6) is 5.75 Å². The van der Waals surface area contributed by atoms with Gasteiger partial charge in [0.1, 0.15) is 17.1 Å². The van der Waals surface area contributed by atoms with Gasteiger partial charge in [0.2, 0.25) is 5.76 Å². The van der Waals surface area contributed by atoms with Gasteiger partial charge in [0.05, 0.1) is 36.9 Å². The molecular formula is C23H17NO5. The Labute approximate surface area is 165 Å². The van der Waals surface area contributed by atoms with Gasteiger partial charge in [-0.15, -0.1) is 0 Å². The molecule has 6 nitrogen and oxygen atoms in total. The number of furan rings is 1. The number of fused-ring (bicyclic) bond motifs is 2. The number of carbonyl (C=O) groups excluding carboxylic acids is 1. The second kappa shape index (κ2) is 6.67. The molecule has 1 aliphatic heterocycles. The van der Waals surface area contributed by atoms with E-state index in [2.05, 4.69) is 0 Å². The van der Waals surface area contributed by atoms with Crippen LogP contribution >= 0.6 is 0 Å². The number of hydrogen-bond acceptors (Lipinski definition) is 5. The van der Waals surface area contributed by atoms with Gasteiger partial charge in [-0.3, -0.25) is 9.59 Å². The van der Waals surface area contributed by atoms with E-state index in [1.54, 1.807) is 54.7 Å². The summed E-state index contributed by atoms with van der Waals surface area (Å²) >= 11 is 0. The number of amides is 1. The van der Waals surface area contributed by atoms with E-state index in [0.717, 1.165) is 5.56 Å². The number of rotatable bonds is 4. The van der Waals surface area contributed by atoms with E-state index in [-0.39, 0.29) is 23.6 Å². The number of benzene rings is 2. The molecule has 4 aromatic rings. The average Bonchev–Trinajstić information content (AvgIpc) is 3.36. The molecule has 0 saturated carbocycles. The molecule has 2 aromatic carbocycles. The Bertz CT molecular complexity index is 1270. The number of para-hydroxylation sites is 2. The highest BCUT2D eigenvalue weighted by atomic mass is 16.5. The van der Waals surface area contributed by atoms with Gasteiger partial charge in [-0.25, -0.2) is 0 Å². The second-order valence-electron chi connectivity index (χ2n) is 6.83. The Morgan fingerprint density at radius 3 is 2.59 bits per heavy atom. The predicted molar refractivity (Wildman–Crippen MR) is 106 cm³/mol. The first-order chi connectivity index (χ1) is 14.2. The predicted octanol–water partition coefficient (Wildman–Crippen LogP) is 4.14. The largest absolute Gasteiger partial charge is 0.496 e. The van der Waals surface area contributed by atoms with Gasteiger partial charge in [0.25, 0.3) is 5.91 Å². The Morgan fingerprint density at radius 2 is 1.79 bits per heavy atom. The maximum Gasteiger partial charge on any atom is 0.291 e. The maximum atomic E-state index is 13.4. The van der Waals surface area contributed by atoms with Crippen molar-refractivity contribution < 1.29 is 18.4 Å². The monoisotopic (exact) mass is 387 g/mol. The lowest BCUT2D eigenvalue weighted by Gasteiger charge is -2.25. The fourth-order valence-corrected chi connectivity index (χ4v) is 3.92. The molecule has 1 aliphatic rings. The average molecular weight is 387 g/mol. The lowest BCUT2D eigenvalue weighted by Crippen LogP contribution is -2.29. The van der Waals surface area contributed by atoms with E-state index in [4.69, 9.17) is 13.6 Å². The van der Waals surface area contributed by atoms with E-state index in [1.807, 2.05) is 24.3 Å². The van der Waals surface area contributed by atoms with Crippen LogP contribution in [-0.2, 0) is 6.54 Å². The van der Waals surface area contributed by atoms with Gasteiger partial charge in [0.15, 0.2) is 5.43 Å². The maximum absolute atomic E-state index is 13.4. The third-order valence-electron chi connectivity index (χ3n) is 5.21. The Morgan fingerprint density at radius 1 is 1.00 bits per heavy atom. The molecule has 0 spiro atoms. The first-order valence-corrected chi connectivity index (χ1v) is 9.21. The van der Waals surface area contributed by atoms with Gasteiger partial charge in [-0.05, 0) is 30.3 Å². The quantitative estimate of drug-likeness (QED) is 0.526. The first-order valence-electron chi connectivity index (χ1n) is 9.21. The standard InChI is InChI=1S/C23H17NO5/c1-27-17-10-4-2-8-15(17)20-19-21(25)16-9-3-5-11-18(16)29-22(19)23(26)24(20)13-14-7-6-12-28-14/h2-12,20H,13H2,1H3/t20-/m1/s1. The summed E-state index contributed by atoms with van der Waals surface area (Å²) in [5, 5.41) is 0.443. The molecule has 2 aromatic heterocycles. The molecule has 1 atom stereocenters. The summed E-state index contributed by atoms with van der Waals surface area (Å²) in [5.41, 5.74) is 1.22. The second-order valence-corrected chi connectivity index (χ2v) is 6.83. The van der Waals surface area contributed by atoms with E-state index in [9.17, 15) is 9.59 Å². The summed E-state index contributed by atoms with van der Waals surface area (Å²) < 4.78 is 16.9. The highest BCUT2D eigenvalue weighted by Gasteiger charge is 2.44. The smallest absolute Gasteiger partial charge is 0.291 e. The zero-order chi connectivity index (χ0) is 20.0. The van der Waals surface area contributed by atoms with Crippen LogP contribution in [0.4, 0.5) is 0 Å². The summed E-state index contributed by atoms with van der Waals surface area (Å²) in [4.78, 5) is 28.3. The SMILES string of the molecule is COc1ccccc1[C@@H]1c2c(oc3ccccc3c2=O)C(=O)N1Cc1ccco1. The molecule has 0 bridgehead atoms. The third kappa shape index (κ3) is 2.64. The van der Waals surface area contributed by atoms with Crippen molar-refractivity contribution in [3.05, 3.63) is 99.8 Å². The lowest BCUT2D eigenvalue weighted by atomic mass is 9.97. The van der Waals surface area contributed by atoms with Crippen molar-refractivity contribution in [1.82, 2.24) is 4.90 Å². The molecule has 144 valence electrons. The number of nitrogens with zero attached hydrogens (tertiary/aromatic N) is 1. The molecule has 0 fully saturated rings. The molecule has 5 rings (SSSR count). The van der Waals surface area contributed by atoms with Crippen LogP contribution in [0.3, 0.4) is 0 Å². The van der Waals surface area contributed by atoms with E-state index < -0.39 is 6.04 Å². The van der Waals surface area contributed by atoms with Gasteiger partial charge < -0.3 is 18.5 Å². The van der Waals surface area contributed by atoms with Crippen LogP contribution in [-0.4, -0.2) is 17.9 Å². The lowest BCUT2D eigenvalue weighted by molar-refractivity contribution is 0.0700. The summed E-state index contributed by atoms with van der Waals surface area (Å²) in [6, 6.07) is 17.2. The van der Waals surface area contributed by atoms with Crippen molar-refractivity contribution in [2.45, 2.75) is 12.6 Å². The minimum absolute atomic E-state index is 0.0659.